The molecule has 0 amide bonds. The van der Waals surface area contributed by atoms with Gasteiger partial charge in [0.05, 0.1) is 22.8 Å². The van der Waals surface area contributed by atoms with E-state index in [0.717, 1.165) is 0 Å². The maximum Gasteiger partial charge on any atom is 0.234 e. The predicted molar refractivity (Wildman–Crippen MR) is 69.9 cm³/mol. The first-order valence-corrected chi connectivity index (χ1v) is 6.20. The van der Waals surface area contributed by atoms with E-state index in [1.54, 1.807) is 27.7 Å². The van der Waals surface area contributed by atoms with Crippen molar-refractivity contribution in [1.29, 1.82) is 0 Å². The largest absolute Gasteiger partial charge is 0.285 e. The summed E-state index contributed by atoms with van der Waals surface area (Å²) in [5, 5.41) is 0. The van der Waals surface area contributed by atoms with Crippen molar-refractivity contribution in [2.24, 2.45) is 0 Å². The molecule has 2 aromatic rings. The molecule has 0 radical (unpaired) electrons. The van der Waals surface area contributed by atoms with Gasteiger partial charge in [-0.15, -0.1) is 0 Å². The van der Waals surface area contributed by atoms with E-state index < -0.39 is 0 Å². The minimum atomic E-state index is -0.388. The summed E-state index contributed by atoms with van der Waals surface area (Å²) in [6.45, 7) is 7.01. The van der Waals surface area contributed by atoms with Crippen molar-refractivity contribution in [2.45, 2.75) is 27.7 Å². The Bertz CT molecular complexity index is 667. The van der Waals surface area contributed by atoms with Gasteiger partial charge in [-0.1, -0.05) is 0 Å². The number of hydrogen-bond donors (Lipinski definition) is 0. The molecule has 0 N–H and O–H groups in total. The first-order valence-electron chi connectivity index (χ1n) is 6.20. The first-order chi connectivity index (χ1) is 9.40. The zero-order chi connectivity index (χ0) is 14.6. The van der Waals surface area contributed by atoms with Gasteiger partial charge in [0.2, 0.25) is 11.6 Å². The third-order valence-electron chi connectivity index (χ3n) is 3.47. The summed E-state index contributed by atoms with van der Waals surface area (Å²) in [5.74, 6) is -0.776. The molecule has 1 aliphatic carbocycles. The molecule has 0 atom stereocenters. The second kappa shape index (κ2) is 4.00. The van der Waals surface area contributed by atoms with Crippen molar-refractivity contribution in [3.8, 4) is 0 Å². The zero-order valence-electron chi connectivity index (χ0n) is 11.6. The summed E-state index contributed by atoms with van der Waals surface area (Å²) in [5.41, 5.74) is 2.81. The van der Waals surface area contributed by atoms with E-state index in [0.29, 0.717) is 22.8 Å². The van der Waals surface area contributed by atoms with Gasteiger partial charge >= 0.3 is 0 Å². The Balaban J connectivity index is 2.33. The molecule has 0 fully saturated rings. The van der Waals surface area contributed by atoms with Crippen LogP contribution in [0.1, 0.15) is 55.1 Å². The quantitative estimate of drug-likeness (QED) is 0.610. The third kappa shape index (κ3) is 1.57. The minimum Gasteiger partial charge on any atom is -0.285 e. The van der Waals surface area contributed by atoms with Gasteiger partial charge in [0, 0.05) is 0 Å². The van der Waals surface area contributed by atoms with E-state index in [4.69, 9.17) is 0 Å². The molecule has 2 heterocycles. The number of carbonyl (C=O) groups excluding carboxylic acids is 2. The van der Waals surface area contributed by atoms with Crippen molar-refractivity contribution in [3.05, 3.63) is 45.6 Å². The highest BCUT2D eigenvalue weighted by atomic mass is 16.1. The van der Waals surface area contributed by atoms with Crippen LogP contribution in [0.3, 0.4) is 0 Å². The van der Waals surface area contributed by atoms with Crippen LogP contribution in [0.5, 0.6) is 0 Å². The van der Waals surface area contributed by atoms with Crippen LogP contribution in [0, 0.1) is 27.7 Å². The Labute approximate surface area is 115 Å². The number of rotatable bonds is 0. The Morgan fingerprint density at radius 3 is 0.900 bits per heavy atom. The van der Waals surface area contributed by atoms with E-state index in [1.165, 1.54) is 0 Å². The van der Waals surface area contributed by atoms with Crippen LogP contribution >= 0.6 is 0 Å². The number of nitrogens with zero attached hydrogens (tertiary/aromatic N) is 4. The van der Waals surface area contributed by atoms with Crippen LogP contribution in [0.2, 0.25) is 0 Å². The predicted octanol–water partition coefficient (Wildman–Crippen LogP) is 1.28. The zero-order valence-corrected chi connectivity index (χ0v) is 11.6. The molecule has 0 aromatic carbocycles. The number of ketones is 2. The van der Waals surface area contributed by atoms with Crippen LogP contribution in [-0.4, -0.2) is 31.5 Å². The summed E-state index contributed by atoms with van der Waals surface area (Å²) in [6.07, 6.45) is 0. The lowest BCUT2D eigenvalue weighted by atomic mass is 9.97. The average molecular weight is 268 g/mol. The van der Waals surface area contributed by atoms with Gasteiger partial charge in [0.1, 0.15) is 22.8 Å². The van der Waals surface area contributed by atoms with Crippen LogP contribution in [0.4, 0.5) is 0 Å². The number of fused-ring (bicyclic) bond motifs is 2. The standard InChI is InChI=1S/C14H12N4O2/c1-5-6(2)16-10-9(15-5)13(19)11-12(14(10)20)18-8(4)7(3)17-11/h1-4H3. The molecule has 1 aliphatic rings. The Hall–Kier alpha value is -2.50. The molecule has 6 heteroatoms. The van der Waals surface area contributed by atoms with E-state index in [1.807, 2.05) is 0 Å². The Morgan fingerprint density at radius 1 is 0.500 bits per heavy atom. The Morgan fingerprint density at radius 2 is 0.700 bits per heavy atom. The van der Waals surface area contributed by atoms with Crippen LogP contribution in [-0.2, 0) is 0 Å². The molecule has 0 unspecified atom stereocenters. The fraction of sp³-hybridized carbons (Fsp3) is 0.286. The highest BCUT2D eigenvalue weighted by Gasteiger charge is 2.35. The number of carbonyl (C=O) groups is 2. The lowest BCUT2D eigenvalue weighted by Crippen LogP contribution is -2.28. The van der Waals surface area contributed by atoms with Gasteiger partial charge in [-0.3, -0.25) is 9.59 Å². The highest BCUT2D eigenvalue weighted by Crippen LogP contribution is 2.24. The molecule has 0 saturated carbocycles. The lowest BCUT2D eigenvalue weighted by molar-refractivity contribution is 0.0963. The van der Waals surface area contributed by atoms with Gasteiger partial charge < -0.3 is 0 Å². The summed E-state index contributed by atoms with van der Waals surface area (Å²) >= 11 is 0. The smallest absolute Gasteiger partial charge is 0.234 e. The summed E-state index contributed by atoms with van der Waals surface area (Å²) in [4.78, 5) is 41.6. The molecule has 3 rings (SSSR count). The van der Waals surface area contributed by atoms with E-state index in [2.05, 4.69) is 19.9 Å². The first kappa shape index (κ1) is 12.5. The average Bonchev–Trinajstić information content (AvgIpc) is 2.41. The van der Waals surface area contributed by atoms with Gasteiger partial charge in [-0.2, -0.15) is 0 Å². The van der Waals surface area contributed by atoms with Crippen molar-refractivity contribution in [2.75, 3.05) is 0 Å². The van der Waals surface area contributed by atoms with Gasteiger partial charge in [-0.25, -0.2) is 19.9 Å². The maximum absolute atomic E-state index is 12.4. The molecule has 6 nitrogen and oxygen atoms in total. The summed E-state index contributed by atoms with van der Waals surface area (Å²) in [6, 6.07) is 0. The summed E-state index contributed by atoms with van der Waals surface area (Å²) < 4.78 is 0. The molecule has 2 aromatic heterocycles. The minimum absolute atomic E-state index is 0.0724. The van der Waals surface area contributed by atoms with E-state index in [9.17, 15) is 9.59 Å². The van der Waals surface area contributed by atoms with Crippen molar-refractivity contribution >= 4 is 11.6 Å². The molecule has 20 heavy (non-hydrogen) atoms. The third-order valence-corrected chi connectivity index (χ3v) is 3.47. The normalized spacial score (nSPS) is 13.2. The summed E-state index contributed by atoms with van der Waals surface area (Å²) in [7, 11) is 0. The molecule has 0 bridgehead atoms. The lowest BCUT2D eigenvalue weighted by Gasteiger charge is -2.16. The number of hydrogen-bond acceptors (Lipinski definition) is 6. The topological polar surface area (TPSA) is 85.7 Å². The SMILES string of the molecule is Cc1nc2c(nc1C)C(=O)c1nc(C)c(C)nc1C2=O. The monoisotopic (exact) mass is 268 g/mol. The molecule has 0 spiro atoms. The van der Waals surface area contributed by atoms with Crippen molar-refractivity contribution < 1.29 is 9.59 Å². The molecular formula is C14H12N4O2. The van der Waals surface area contributed by atoms with Crippen molar-refractivity contribution in [1.82, 2.24) is 19.9 Å². The second-order valence-electron chi connectivity index (χ2n) is 4.84. The maximum atomic E-state index is 12.4. The van der Waals surface area contributed by atoms with Gasteiger partial charge in [0.25, 0.3) is 0 Å². The Kier molecular flexibility index (Phi) is 2.50. The van der Waals surface area contributed by atoms with Crippen molar-refractivity contribution in [3.63, 3.8) is 0 Å². The molecule has 100 valence electrons. The molecule has 0 saturated heterocycles. The fourth-order valence-corrected chi connectivity index (χ4v) is 2.06. The number of aryl methyl sites for hydroxylation is 4. The second-order valence-corrected chi connectivity index (χ2v) is 4.84. The van der Waals surface area contributed by atoms with Crippen LogP contribution < -0.4 is 0 Å². The van der Waals surface area contributed by atoms with Gasteiger partial charge in [0.15, 0.2) is 0 Å². The van der Waals surface area contributed by atoms with Gasteiger partial charge in [-0.05, 0) is 27.7 Å². The highest BCUT2D eigenvalue weighted by molar-refractivity contribution is 6.25. The number of aromatic nitrogens is 4. The molecular weight excluding hydrogens is 256 g/mol. The van der Waals surface area contributed by atoms with Crippen LogP contribution in [0.15, 0.2) is 0 Å². The van der Waals surface area contributed by atoms with E-state index in [-0.39, 0.29) is 34.3 Å². The molecule has 0 aliphatic heterocycles. The van der Waals surface area contributed by atoms with E-state index >= 15 is 0 Å². The van der Waals surface area contributed by atoms with Crippen LogP contribution in [0.25, 0.3) is 0 Å². The fourth-order valence-electron chi connectivity index (χ4n) is 2.06.